The molecule has 0 radical (unpaired) electrons. The van der Waals surface area contributed by atoms with Crippen LogP contribution < -0.4 is 19.8 Å². The number of amides is 1. The Balaban J connectivity index is 1.67. The summed E-state index contributed by atoms with van der Waals surface area (Å²) in [6, 6.07) is 5.01. The lowest BCUT2D eigenvalue weighted by Crippen LogP contribution is -2.33. The monoisotopic (exact) mass is 508 g/mol. The number of benzene rings is 1. The number of hydrogen-bond donors (Lipinski definition) is 2. The van der Waals surface area contributed by atoms with Gasteiger partial charge in [-0.1, -0.05) is 6.07 Å². The van der Waals surface area contributed by atoms with Crippen LogP contribution in [0.25, 0.3) is 0 Å². The third-order valence-electron chi connectivity index (χ3n) is 5.13. The van der Waals surface area contributed by atoms with Gasteiger partial charge in [0.25, 0.3) is 0 Å². The molecule has 11 nitrogen and oxygen atoms in total. The van der Waals surface area contributed by atoms with Crippen molar-refractivity contribution in [3.8, 4) is 0 Å². The number of nitrogens with one attached hydrogen (secondary N) is 2. The zero-order chi connectivity index (χ0) is 25.3. The number of sulfonamides is 1. The minimum atomic E-state index is -3.77. The summed E-state index contributed by atoms with van der Waals surface area (Å²) in [5.41, 5.74) is 1.53. The number of nitrogens with zero attached hydrogens (tertiary/aromatic N) is 6. The zero-order valence-electron chi connectivity index (χ0n) is 18.4. The minimum absolute atomic E-state index is 0.0963. The SMILES string of the molecule is CN(c1nccnc1CN(c1nc(Nc2cccc3c2CC(=O)N3)ncc1F)C(F)F)S(C)(=O)=O. The Hall–Kier alpha value is -4.01. The first-order valence-corrected chi connectivity index (χ1v) is 11.9. The van der Waals surface area contributed by atoms with E-state index >= 15 is 0 Å². The minimum Gasteiger partial charge on any atom is -0.325 e. The zero-order valence-corrected chi connectivity index (χ0v) is 19.2. The fourth-order valence-corrected chi connectivity index (χ4v) is 3.86. The largest absolute Gasteiger partial charge is 0.325 e. The summed E-state index contributed by atoms with van der Waals surface area (Å²) in [7, 11) is -2.58. The second kappa shape index (κ2) is 9.32. The molecule has 1 aromatic carbocycles. The number of hydrogen-bond acceptors (Lipinski definition) is 9. The van der Waals surface area contributed by atoms with E-state index in [4.69, 9.17) is 0 Å². The third kappa shape index (κ3) is 5.08. The van der Waals surface area contributed by atoms with Crippen molar-refractivity contribution in [3.63, 3.8) is 0 Å². The molecule has 2 N–H and O–H groups in total. The van der Waals surface area contributed by atoms with Crippen LogP contribution in [0.3, 0.4) is 0 Å². The smallest absolute Gasteiger partial charge is 0.316 e. The van der Waals surface area contributed by atoms with Crippen LogP contribution in [0, 0.1) is 5.82 Å². The molecule has 184 valence electrons. The molecule has 2 aromatic heterocycles. The second-order valence-electron chi connectivity index (χ2n) is 7.51. The highest BCUT2D eigenvalue weighted by molar-refractivity contribution is 7.92. The van der Waals surface area contributed by atoms with Crippen molar-refractivity contribution in [2.24, 2.45) is 0 Å². The molecule has 15 heteroatoms. The van der Waals surface area contributed by atoms with Crippen molar-refractivity contribution >= 4 is 44.9 Å². The van der Waals surface area contributed by atoms with Gasteiger partial charge in [-0.05, 0) is 12.1 Å². The fourth-order valence-electron chi connectivity index (χ4n) is 3.40. The van der Waals surface area contributed by atoms with E-state index in [1.165, 1.54) is 19.4 Å². The van der Waals surface area contributed by atoms with Crippen LogP contribution >= 0.6 is 0 Å². The van der Waals surface area contributed by atoms with Crippen molar-refractivity contribution in [1.82, 2.24) is 19.9 Å². The van der Waals surface area contributed by atoms with E-state index in [9.17, 15) is 26.4 Å². The highest BCUT2D eigenvalue weighted by Crippen LogP contribution is 2.32. The Morgan fingerprint density at radius 1 is 1.17 bits per heavy atom. The second-order valence-corrected chi connectivity index (χ2v) is 9.52. The molecule has 0 unspecified atom stereocenters. The van der Waals surface area contributed by atoms with E-state index < -0.39 is 34.8 Å². The first-order chi connectivity index (χ1) is 16.5. The van der Waals surface area contributed by atoms with Crippen LogP contribution in [0.5, 0.6) is 0 Å². The Labute approximate surface area is 198 Å². The van der Waals surface area contributed by atoms with Gasteiger partial charge < -0.3 is 10.6 Å². The summed E-state index contributed by atoms with van der Waals surface area (Å²) in [6.45, 7) is -3.93. The lowest BCUT2D eigenvalue weighted by Gasteiger charge is -2.25. The van der Waals surface area contributed by atoms with Gasteiger partial charge in [0, 0.05) is 36.4 Å². The number of aromatic nitrogens is 4. The molecule has 3 heterocycles. The van der Waals surface area contributed by atoms with Crippen LogP contribution in [0.15, 0.2) is 36.8 Å². The molecule has 1 amide bonds. The molecule has 35 heavy (non-hydrogen) atoms. The Morgan fingerprint density at radius 2 is 1.91 bits per heavy atom. The van der Waals surface area contributed by atoms with Crippen molar-refractivity contribution < 1.29 is 26.4 Å². The predicted octanol–water partition coefficient (Wildman–Crippen LogP) is 2.27. The maximum atomic E-state index is 14.6. The van der Waals surface area contributed by atoms with Gasteiger partial charge >= 0.3 is 6.55 Å². The number of carbonyl (C=O) groups excluding carboxylic acids is 1. The lowest BCUT2D eigenvalue weighted by molar-refractivity contribution is -0.115. The van der Waals surface area contributed by atoms with Crippen molar-refractivity contribution in [2.45, 2.75) is 19.5 Å². The van der Waals surface area contributed by atoms with Gasteiger partial charge in [-0.3, -0.25) is 19.0 Å². The quantitative estimate of drug-likeness (QED) is 0.440. The highest BCUT2D eigenvalue weighted by atomic mass is 32.2. The molecule has 0 fully saturated rings. The summed E-state index contributed by atoms with van der Waals surface area (Å²) >= 11 is 0. The Kier molecular flexibility index (Phi) is 6.43. The summed E-state index contributed by atoms with van der Waals surface area (Å²) < 4.78 is 67.4. The first kappa shape index (κ1) is 24.1. The Bertz CT molecular complexity index is 1390. The number of fused-ring (bicyclic) bond motifs is 1. The van der Waals surface area contributed by atoms with E-state index in [-0.39, 0.29) is 29.8 Å². The van der Waals surface area contributed by atoms with Crippen LogP contribution in [-0.2, 0) is 27.8 Å². The number of halogens is 3. The molecule has 3 aromatic rings. The van der Waals surface area contributed by atoms with Gasteiger partial charge in [0.2, 0.25) is 21.9 Å². The van der Waals surface area contributed by atoms with Crippen molar-refractivity contribution in [1.29, 1.82) is 0 Å². The summed E-state index contributed by atoms with van der Waals surface area (Å²) in [5, 5.41) is 5.51. The van der Waals surface area contributed by atoms with E-state index in [2.05, 4.69) is 30.6 Å². The number of rotatable bonds is 8. The topological polar surface area (TPSA) is 133 Å². The molecular weight excluding hydrogens is 489 g/mol. The number of alkyl halides is 2. The van der Waals surface area contributed by atoms with E-state index in [0.29, 0.717) is 21.8 Å². The summed E-state index contributed by atoms with van der Waals surface area (Å²) in [6.07, 6.45) is 4.15. The van der Waals surface area contributed by atoms with Crippen LogP contribution in [0.4, 0.5) is 42.1 Å². The molecule has 0 bridgehead atoms. The van der Waals surface area contributed by atoms with E-state index in [1.807, 2.05) is 0 Å². The van der Waals surface area contributed by atoms with Crippen LogP contribution in [0.2, 0.25) is 0 Å². The molecule has 0 atom stereocenters. The predicted molar refractivity (Wildman–Crippen MR) is 122 cm³/mol. The first-order valence-electron chi connectivity index (χ1n) is 10.0. The summed E-state index contributed by atoms with van der Waals surface area (Å²) in [4.78, 5) is 27.7. The number of anilines is 5. The molecule has 1 aliphatic rings. The van der Waals surface area contributed by atoms with Crippen LogP contribution in [-0.4, -0.2) is 54.1 Å². The van der Waals surface area contributed by atoms with Gasteiger partial charge in [-0.15, -0.1) is 0 Å². The molecule has 0 aliphatic carbocycles. The van der Waals surface area contributed by atoms with Crippen molar-refractivity contribution in [2.75, 3.05) is 33.1 Å². The van der Waals surface area contributed by atoms with Gasteiger partial charge in [-0.2, -0.15) is 13.8 Å². The third-order valence-corrected chi connectivity index (χ3v) is 6.30. The standard InChI is InChI=1S/C20H19F3N8O3S/c1-30(35(2,33)34)18-15(24-6-7-25-18)10-31(19(22)23)17-12(21)9-26-20(29-17)28-14-5-3-4-13-11(14)8-16(32)27-13/h3-7,9,19H,8,10H2,1-2H3,(H,27,32)(H,26,28,29). The highest BCUT2D eigenvalue weighted by Gasteiger charge is 2.28. The Morgan fingerprint density at radius 3 is 2.63 bits per heavy atom. The molecular formula is C20H19F3N8O3S. The maximum absolute atomic E-state index is 14.6. The van der Waals surface area contributed by atoms with Crippen LogP contribution in [0.1, 0.15) is 11.3 Å². The molecule has 4 rings (SSSR count). The summed E-state index contributed by atoms with van der Waals surface area (Å²) in [5.74, 6) is -2.46. The van der Waals surface area contributed by atoms with E-state index in [0.717, 1.165) is 16.8 Å². The van der Waals surface area contributed by atoms with Crippen molar-refractivity contribution in [3.05, 3.63) is 53.9 Å². The normalized spacial score (nSPS) is 12.9. The van der Waals surface area contributed by atoms with Gasteiger partial charge in [-0.25, -0.2) is 22.8 Å². The van der Waals surface area contributed by atoms with Gasteiger partial charge in [0.1, 0.15) is 5.69 Å². The van der Waals surface area contributed by atoms with E-state index in [1.54, 1.807) is 18.2 Å². The van der Waals surface area contributed by atoms with Gasteiger partial charge in [0.15, 0.2) is 17.5 Å². The maximum Gasteiger partial charge on any atom is 0.316 e. The average Bonchev–Trinajstić information content (AvgIpc) is 3.19. The lowest BCUT2D eigenvalue weighted by atomic mass is 10.1. The average molecular weight is 508 g/mol. The molecule has 0 saturated carbocycles. The van der Waals surface area contributed by atoms with Gasteiger partial charge in [0.05, 0.1) is 25.4 Å². The fraction of sp³-hybridized carbons (Fsp3) is 0.250. The molecule has 0 spiro atoms. The molecule has 0 saturated heterocycles. The number of carbonyl (C=O) groups is 1. The molecule has 1 aliphatic heterocycles.